The SMILES string of the molecule is CCC(N)(c1ccc(F)cc1)C(C)N1CCN(C)CC1. The molecule has 0 saturated carbocycles. The summed E-state index contributed by atoms with van der Waals surface area (Å²) in [6.45, 7) is 8.53. The summed E-state index contributed by atoms with van der Waals surface area (Å²) in [5.74, 6) is -0.209. The standard InChI is InChI=1S/C16H26FN3/c1-4-16(18,14-5-7-15(17)8-6-14)13(2)20-11-9-19(3)10-12-20/h5-8,13H,4,9-12,18H2,1-3H3. The van der Waals surface area contributed by atoms with Gasteiger partial charge < -0.3 is 10.6 Å². The van der Waals surface area contributed by atoms with Gasteiger partial charge in [-0.15, -0.1) is 0 Å². The molecule has 2 unspecified atom stereocenters. The van der Waals surface area contributed by atoms with E-state index < -0.39 is 5.54 Å². The van der Waals surface area contributed by atoms with Crippen LogP contribution in [0.5, 0.6) is 0 Å². The van der Waals surface area contributed by atoms with Crippen molar-refractivity contribution in [2.45, 2.75) is 31.8 Å². The molecule has 0 aliphatic carbocycles. The molecule has 0 radical (unpaired) electrons. The van der Waals surface area contributed by atoms with Gasteiger partial charge in [-0.05, 0) is 38.1 Å². The van der Waals surface area contributed by atoms with E-state index in [1.165, 1.54) is 12.1 Å². The zero-order valence-electron chi connectivity index (χ0n) is 12.8. The monoisotopic (exact) mass is 279 g/mol. The van der Waals surface area contributed by atoms with Crippen molar-refractivity contribution in [2.75, 3.05) is 33.2 Å². The molecule has 1 aromatic carbocycles. The summed E-state index contributed by atoms with van der Waals surface area (Å²) in [6, 6.07) is 6.90. The number of halogens is 1. The van der Waals surface area contributed by atoms with Gasteiger partial charge >= 0.3 is 0 Å². The van der Waals surface area contributed by atoms with Gasteiger partial charge in [0.05, 0.1) is 5.54 Å². The second-order valence-electron chi connectivity index (χ2n) is 5.92. The highest BCUT2D eigenvalue weighted by atomic mass is 19.1. The van der Waals surface area contributed by atoms with E-state index in [1.807, 2.05) is 12.1 Å². The molecule has 0 amide bonds. The maximum Gasteiger partial charge on any atom is 0.123 e. The molecular weight excluding hydrogens is 253 g/mol. The van der Waals surface area contributed by atoms with Crippen molar-refractivity contribution >= 4 is 0 Å². The van der Waals surface area contributed by atoms with Crippen LogP contribution in [-0.4, -0.2) is 49.1 Å². The first kappa shape index (κ1) is 15.4. The van der Waals surface area contributed by atoms with Gasteiger partial charge in [-0.3, -0.25) is 4.90 Å². The molecule has 0 bridgehead atoms. The molecule has 1 aliphatic rings. The minimum absolute atomic E-state index is 0.209. The highest BCUT2D eigenvalue weighted by Gasteiger charge is 2.36. The normalized spacial score (nSPS) is 22.4. The molecule has 1 aliphatic heterocycles. The molecule has 1 fully saturated rings. The van der Waals surface area contributed by atoms with E-state index in [0.717, 1.165) is 38.2 Å². The van der Waals surface area contributed by atoms with Gasteiger partial charge in [0.2, 0.25) is 0 Å². The molecule has 0 aromatic heterocycles. The number of hydrogen-bond acceptors (Lipinski definition) is 3. The summed E-state index contributed by atoms with van der Waals surface area (Å²) in [4.78, 5) is 4.79. The van der Waals surface area contributed by atoms with Gasteiger partial charge in [0.1, 0.15) is 5.82 Å². The third-order valence-corrected chi connectivity index (χ3v) is 4.80. The van der Waals surface area contributed by atoms with Crippen molar-refractivity contribution in [2.24, 2.45) is 5.73 Å². The number of piperazine rings is 1. The largest absolute Gasteiger partial charge is 0.320 e. The Bertz CT molecular complexity index is 426. The van der Waals surface area contributed by atoms with E-state index in [1.54, 1.807) is 0 Å². The van der Waals surface area contributed by atoms with E-state index in [-0.39, 0.29) is 11.9 Å². The average Bonchev–Trinajstić information content (AvgIpc) is 2.47. The first-order valence-corrected chi connectivity index (χ1v) is 7.45. The van der Waals surface area contributed by atoms with Crippen molar-refractivity contribution in [1.29, 1.82) is 0 Å². The fourth-order valence-corrected chi connectivity index (χ4v) is 3.04. The van der Waals surface area contributed by atoms with Crippen LogP contribution in [0.15, 0.2) is 24.3 Å². The summed E-state index contributed by atoms with van der Waals surface area (Å²) < 4.78 is 13.1. The minimum Gasteiger partial charge on any atom is -0.320 e. The highest BCUT2D eigenvalue weighted by Crippen LogP contribution is 2.30. The zero-order valence-corrected chi connectivity index (χ0v) is 12.8. The number of nitrogens with two attached hydrogens (primary N) is 1. The summed E-state index contributed by atoms with van der Waals surface area (Å²) in [5.41, 5.74) is 7.29. The second kappa shape index (κ2) is 6.20. The number of nitrogens with zero attached hydrogens (tertiary/aromatic N) is 2. The predicted octanol–water partition coefficient (Wildman–Crippen LogP) is 2.03. The average molecular weight is 279 g/mol. The lowest BCUT2D eigenvalue weighted by Crippen LogP contribution is -2.58. The Morgan fingerprint density at radius 1 is 1.20 bits per heavy atom. The van der Waals surface area contributed by atoms with E-state index in [0.29, 0.717) is 0 Å². The molecule has 1 heterocycles. The number of hydrogen-bond donors (Lipinski definition) is 1. The molecule has 112 valence electrons. The van der Waals surface area contributed by atoms with E-state index in [4.69, 9.17) is 5.73 Å². The van der Waals surface area contributed by atoms with Crippen molar-refractivity contribution in [3.05, 3.63) is 35.6 Å². The lowest BCUT2D eigenvalue weighted by Gasteiger charge is -2.45. The Balaban J connectivity index is 2.18. The quantitative estimate of drug-likeness (QED) is 0.915. The maximum atomic E-state index is 13.1. The molecule has 2 rings (SSSR count). The summed E-state index contributed by atoms with van der Waals surface area (Å²) in [7, 11) is 2.15. The fourth-order valence-electron chi connectivity index (χ4n) is 3.04. The maximum absolute atomic E-state index is 13.1. The van der Waals surface area contributed by atoms with Gasteiger partial charge in [-0.1, -0.05) is 19.1 Å². The van der Waals surface area contributed by atoms with Crippen LogP contribution in [0, 0.1) is 5.82 Å². The lowest BCUT2D eigenvalue weighted by atomic mass is 9.81. The number of benzene rings is 1. The first-order valence-electron chi connectivity index (χ1n) is 7.45. The van der Waals surface area contributed by atoms with Gasteiger partial charge in [-0.2, -0.15) is 0 Å². The van der Waals surface area contributed by atoms with Gasteiger partial charge in [-0.25, -0.2) is 4.39 Å². The molecule has 2 atom stereocenters. The third kappa shape index (κ3) is 3.03. The molecule has 1 aromatic rings. The Morgan fingerprint density at radius 2 is 1.75 bits per heavy atom. The van der Waals surface area contributed by atoms with Crippen LogP contribution >= 0.6 is 0 Å². The van der Waals surface area contributed by atoms with Crippen molar-refractivity contribution < 1.29 is 4.39 Å². The van der Waals surface area contributed by atoms with Gasteiger partial charge in [0.15, 0.2) is 0 Å². The molecule has 2 N–H and O–H groups in total. The molecule has 0 spiro atoms. The van der Waals surface area contributed by atoms with Gasteiger partial charge in [0, 0.05) is 32.2 Å². The van der Waals surface area contributed by atoms with Crippen molar-refractivity contribution in [1.82, 2.24) is 9.80 Å². The van der Waals surface area contributed by atoms with E-state index in [9.17, 15) is 4.39 Å². The first-order chi connectivity index (χ1) is 9.47. The summed E-state index contributed by atoms with van der Waals surface area (Å²) >= 11 is 0. The van der Waals surface area contributed by atoms with Crippen LogP contribution in [0.1, 0.15) is 25.8 Å². The fraction of sp³-hybridized carbons (Fsp3) is 0.625. The third-order valence-electron chi connectivity index (χ3n) is 4.80. The van der Waals surface area contributed by atoms with Crippen LogP contribution in [0.3, 0.4) is 0 Å². The van der Waals surface area contributed by atoms with Crippen LogP contribution in [0.25, 0.3) is 0 Å². The number of likely N-dealkylation sites (N-methyl/N-ethyl adjacent to an activating group) is 1. The Morgan fingerprint density at radius 3 is 2.25 bits per heavy atom. The Kier molecular flexibility index (Phi) is 4.78. The molecule has 1 saturated heterocycles. The Hall–Kier alpha value is -0.970. The summed E-state index contributed by atoms with van der Waals surface area (Å²) in [6.07, 6.45) is 0.839. The van der Waals surface area contributed by atoms with E-state index in [2.05, 4.69) is 30.7 Å². The van der Waals surface area contributed by atoms with Crippen LogP contribution < -0.4 is 5.73 Å². The van der Waals surface area contributed by atoms with Crippen molar-refractivity contribution in [3.63, 3.8) is 0 Å². The van der Waals surface area contributed by atoms with Gasteiger partial charge in [0.25, 0.3) is 0 Å². The number of rotatable bonds is 4. The molecule has 3 nitrogen and oxygen atoms in total. The van der Waals surface area contributed by atoms with Crippen LogP contribution in [-0.2, 0) is 5.54 Å². The highest BCUT2D eigenvalue weighted by molar-refractivity contribution is 5.26. The van der Waals surface area contributed by atoms with E-state index >= 15 is 0 Å². The van der Waals surface area contributed by atoms with Crippen LogP contribution in [0.4, 0.5) is 4.39 Å². The lowest BCUT2D eigenvalue weighted by molar-refractivity contribution is 0.0738. The van der Waals surface area contributed by atoms with Crippen LogP contribution in [0.2, 0.25) is 0 Å². The zero-order chi connectivity index (χ0) is 14.8. The van der Waals surface area contributed by atoms with Crippen molar-refractivity contribution in [3.8, 4) is 0 Å². The minimum atomic E-state index is -0.427. The predicted molar refractivity (Wildman–Crippen MR) is 81.1 cm³/mol. The summed E-state index contributed by atoms with van der Waals surface area (Å²) in [5, 5.41) is 0. The topological polar surface area (TPSA) is 32.5 Å². The molecule has 20 heavy (non-hydrogen) atoms. The Labute approximate surface area is 121 Å². The smallest absolute Gasteiger partial charge is 0.123 e. The second-order valence-corrected chi connectivity index (χ2v) is 5.92. The molecular formula is C16H26FN3. The molecule has 4 heteroatoms.